The molecule has 0 amide bonds. The number of ether oxygens (including phenoxy) is 2. The van der Waals surface area contributed by atoms with E-state index in [4.69, 9.17) is 13.9 Å². The van der Waals surface area contributed by atoms with Crippen LogP contribution in [-0.2, 0) is 20.8 Å². The van der Waals surface area contributed by atoms with Crippen LogP contribution in [0.3, 0.4) is 0 Å². The van der Waals surface area contributed by atoms with Gasteiger partial charge in [0.1, 0.15) is 5.52 Å². The van der Waals surface area contributed by atoms with Crippen LogP contribution in [0.1, 0.15) is 27.6 Å². The minimum absolute atomic E-state index is 0.250. The Morgan fingerprint density at radius 2 is 2.04 bits per heavy atom. The van der Waals surface area contributed by atoms with Gasteiger partial charge < -0.3 is 18.5 Å². The molecule has 7 heteroatoms. The Hall–Kier alpha value is -3.19. The van der Waals surface area contributed by atoms with Gasteiger partial charge in [0.05, 0.1) is 6.61 Å². The topological polar surface area (TPSA) is 83.6 Å². The SMILES string of the molecule is COCCn1c(C)cc(C(=O)COC(=O)/C=C/c2nc3ccccc3o2)c1C. The zero-order valence-corrected chi connectivity index (χ0v) is 16.1. The van der Waals surface area contributed by atoms with Crippen molar-refractivity contribution in [2.24, 2.45) is 0 Å². The molecule has 3 aromatic rings. The summed E-state index contributed by atoms with van der Waals surface area (Å²) in [7, 11) is 1.63. The number of aromatic nitrogens is 2. The second-order valence-corrected chi connectivity index (χ2v) is 6.31. The minimum Gasteiger partial charge on any atom is -0.454 e. The first-order valence-electron chi connectivity index (χ1n) is 8.89. The third-order valence-electron chi connectivity index (χ3n) is 4.41. The first-order chi connectivity index (χ1) is 13.5. The number of carbonyl (C=O) groups is 2. The van der Waals surface area contributed by atoms with Crippen molar-refractivity contribution < 1.29 is 23.5 Å². The molecule has 0 atom stereocenters. The maximum Gasteiger partial charge on any atom is 0.331 e. The van der Waals surface area contributed by atoms with Crippen molar-refractivity contribution in [2.75, 3.05) is 20.3 Å². The summed E-state index contributed by atoms with van der Waals surface area (Å²) in [6.07, 6.45) is 2.61. The van der Waals surface area contributed by atoms with Crippen LogP contribution < -0.4 is 0 Å². The first kappa shape index (κ1) is 19.6. The number of oxazole rings is 1. The van der Waals surface area contributed by atoms with Crippen molar-refractivity contribution in [1.29, 1.82) is 0 Å². The molecule has 0 bridgehead atoms. The molecule has 0 spiro atoms. The van der Waals surface area contributed by atoms with Crippen LogP contribution in [0.5, 0.6) is 0 Å². The molecular weight excluding hydrogens is 360 g/mol. The average Bonchev–Trinajstić information content (AvgIpc) is 3.23. The number of nitrogens with zero attached hydrogens (tertiary/aromatic N) is 2. The Kier molecular flexibility index (Phi) is 6.06. The van der Waals surface area contributed by atoms with Gasteiger partial charge in [0.25, 0.3) is 0 Å². The molecule has 0 aliphatic carbocycles. The summed E-state index contributed by atoms with van der Waals surface area (Å²) in [5, 5.41) is 0. The van der Waals surface area contributed by atoms with Gasteiger partial charge in [-0.2, -0.15) is 0 Å². The van der Waals surface area contributed by atoms with Crippen LogP contribution >= 0.6 is 0 Å². The van der Waals surface area contributed by atoms with E-state index in [2.05, 4.69) is 4.98 Å². The van der Waals surface area contributed by atoms with Crippen molar-refractivity contribution in [3.63, 3.8) is 0 Å². The van der Waals surface area contributed by atoms with Crippen LogP contribution in [0.4, 0.5) is 0 Å². The van der Waals surface area contributed by atoms with Crippen molar-refractivity contribution in [1.82, 2.24) is 9.55 Å². The van der Waals surface area contributed by atoms with E-state index in [1.165, 1.54) is 12.2 Å². The summed E-state index contributed by atoms with van der Waals surface area (Å²) in [5.74, 6) is -0.588. The average molecular weight is 382 g/mol. The molecule has 7 nitrogen and oxygen atoms in total. The predicted molar refractivity (Wildman–Crippen MR) is 104 cm³/mol. The van der Waals surface area contributed by atoms with E-state index in [0.717, 1.165) is 11.4 Å². The standard InChI is InChI=1S/C21H22N2O5/c1-14-12-16(15(2)23(14)10-11-26-3)18(24)13-27-21(25)9-8-20-22-17-6-4-5-7-19(17)28-20/h4-9,12H,10-11,13H2,1-3H3/b9-8+. The fourth-order valence-corrected chi connectivity index (χ4v) is 2.97. The molecule has 0 fully saturated rings. The van der Waals surface area contributed by atoms with Crippen LogP contribution in [0, 0.1) is 13.8 Å². The number of para-hydroxylation sites is 2. The lowest BCUT2D eigenvalue weighted by Crippen LogP contribution is -2.14. The van der Waals surface area contributed by atoms with Gasteiger partial charge in [0.15, 0.2) is 12.2 Å². The monoisotopic (exact) mass is 382 g/mol. The van der Waals surface area contributed by atoms with Gasteiger partial charge in [0.2, 0.25) is 11.7 Å². The van der Waals surface area contributed by atoms with E-state index >= 15 is 0 Å². The summed E-state index contributed by atoms with van der Waals surface area (Å²) >= 11 is 0. The molecule has 0 N–H and O–H groups in total. The molecule has 1 aromatic carbocycles. The lowest BCUT2D eigenvalue weighted by molar-refractivity contribution is -0.136. The Morgan fingerprint density at radius 3 is 2.79 bits per heavy atom. The summed E-state index contributed by atoms with van der Waals surface area (Å²) in [4.78, 5) is 28.6. The molecule has 0 radical (unpaired) electrons. The lowest BCUT2D eigenvalue weighted by atomic mass is 10.1. The molecule has 2 heterocycles. The summed E-state index contributed by atoms with van der Waals surface area (Å²) < 4.78 is 17.6. The lowest BCUT2D eigenvalue weighted by Gasteiger charge is -2.08. The number of methoxy groups -OCH3 is 1. The van der Waals surface area contributed by atoms with Crippen LogP contribution in [-0.4, -0.2) is 41.6 Å². The zero-order valence-electron chi connectivity index (χ0n) is 16.1. The molecule has 2 aromatic heterocycles. The van der Waals surface area contributed by atoms with Gasteiger partial charge in [-0.1, -0.05) is 12.1 Å². The van der Waals surface area contributed by atoms with E-state index in [1.807, 2.05) is 36.6 Å². The number of Topliss-reactive ketones (excluding diaryl/α,β-unsaturated/α-hetero) is 1. The third kappa shape index (κ3) is 4.37. The fourth-order valence-electron chi connectivity index (χ4n) is 2.97. The van der Waals surface area contributed by atoms with Crippen molar-refractivity contribution in [3.05, 3.63) is 59.2 Å². The quantitative estimate of drug-likeness (QED) is 0.338. The number of hydrogen-bond acceptors (Lipinski definition) is 6. The third-order valence-corrected chi connectivity index (χ3v) is 4.41. The smallest absolute Gasteiger partial charge is 0.331 e. The maximum absolute atomic E-state index is 12.4. The number of fused-ring (bicyclic) bond motifs is 1. The number of benzene rings is 1. The number of rotatable bonds is 8. The van der Waals surface area contributed by atoms with E-state index < -0.39 is 5.97 Å². The number of esters is 1. The van der Waals surface area contributed by atoms with E-state index in [1.54, 1.807) is 19.2 Å². The van der Waals surface area contributed by atoms with Crippen molar-refractivity contribution >= 4 is 28.9 Å². The normalized spacial score (nSPS) is 11.4. The van der Waals surface area contributed by atoms with Gasteiger partial charge in [-0.3, -0.25) is 4.79 Å². The number of carbonyl (C=O) groups excluding carboxylic acids is 2. The van der Waals surface area contributed by atoms with Gasteiger partial charge in [-0.05, 0) is 32.0 Å². The van der Waals surface area contributed by atoms with E-state index in [9.17, 15) is 9.59 Å². The number of aryl methyl sites for hydroxylation is 1. The number of hydrogen-bond donors (Lipinski definition) is 0. The predicted octanol–water partition coefficient (Wildman–Crippen LogP) is 3.33. The zero-order chi connectivity index (χ0) is 20.1. The second-order valence-electron chi connectivity index (χ2n) is 6.31. The number of ketones is 1. The summed E-state index contributed by atoms with van der Waals surface area (Å²) in [6, 6.07) is 9.10. The highest BCUT2D eigenvalue weighted by molar-refractivity contribution is 6.00. The molecule has 0 aliphatic heterocycles. The molecule has 146 valence electrons. The van der Waals surface area contributed by atoms with E-state index in [0.29, 0.717) is 35.7 Å². The van der Waals surface area contributed by atoms with Gasteiger partial charge in [-0.15, -0.1) is 0 Å². The highest BCUT2D eigenvalue weighted by Crippen LogP contribution is 2.17. The van der Waals surface area contributed by atoms with Crippen molar-refractivity contribution in [3.8, 4) is 0 Å². The van der Waals surface area contributed by atoms with Crippen LogP contribution in [0.15, 0.2) is 40.8 Å². The summed E-state index contributed by atoms with van der Waals surface area (Å²) in [6.45, 7) is 4.68. The molecule has 0 aliphatic rings. The molecule has 3 rings (SSSR count). The Bertz CT molecular complexity index is 996. The molecule has 28 heavy (non-hydrogen) atoms. The van der Waals surface area contributed by atoms with Gasteiger partial charge in [0, 0.05) is 42.8 Å². The largest absolute Gasteiger partial charge is 0.454 e. The fraction of sp³-hybridized carbons (Fsp3) is 0.286. The molecule has 0 saturated carbocycles. The molecular formula is C21H22N2O5. The second kappa shape index (κ2) is 8.67. The van der Waals surface area contributed by atoms with Gasteiger partial charge >= 0.3 is 5.97 Å². The molecule has 0 saturated heterocycles. The van der Waals surface area contributed by atoms with E-state index in [-0.39, 0.29) is 12.4 Å². The Morgan fingerprint density at radius 1 is 1.25 bits per heavy atom. The highest BCUT2D eigenvalue weighted by atomic mass is 16.5. The Balaban J connectivity index is 1.59. The maximum atomic E-state index is 12.4. The summed E-state index contributed by atoms with van der Waals surface area (Å²) in [5.41, 5.74) is 3.67. The van der Waals surface area contributed by atoms with Crippen LogP contribution in [0.2, 0.25) is 0 Å². The highest BCUT2D eigenvalue weighted by Gasteiger charge is 2.16. The van der Waals surface area contributed by atoms with Crippen molar-refractivity contribution in [2.45, 2.75) is 20.4 Å². The first-order valence-corrected chi connectivity index (χ1v) is 8.89. The van der Waals surface area contributed by atoms with Crippen LogP contribution in [0.25, 0.3) is 17.2 Å². The van der Waals surface area contributed by atoms with Gasteiger partial charge in [-0.25, -0.2) is 9.78 Å². The minimum atomic E-state index is -0.635. The Labute approximate surface area is 162 Å². The molecule has 0 unspecified atom stereocenters.